The summed E-state index contributed by atoms with van der Waals surface area (Å²) in [6.45, 7) is 6.79. The second kappa shape index (κ2) is 13.0. The van der Waals surface area contributed by atoms with Crippen LogP contribution >= 0.6 is 28.3 Å². The van der Waals surface area contributed by atoms with Crippen molar-refractivity contribution in [2.75, 3.05) is 20.3 Å². The Hall–Kier alpha value is -0.450. The van der Waals surface area contributed by atoms with Gasteiger partial charge in [0.2, 0.25) is 0 Å². The fraction of sp³-hybridized carbons (Fsp3) is 0.647. The van der Waals surface area contributed by atoms with Crippen molar-refractivity contribution in [1.82, 2.24) is 5.32 Å². The summed E-state index contributed by atoms with van der Waals surface area (Å²) in [5.41, 5.74) is 1.21. The van der Waals surface area contributed by atoms with Gasteiger partial charge in [-0.15, -0.1) is 12.4 Å². The molecule has 0 unspecified atom stereocenters. The molecule has 0 heterocycles. The summed E-state index contributed by atoms with van der Waals surface area (Å²) in [5, 5.41) is 3.50. The van der Waals surface area contributed by atoms with Crippen LogP contribution in [0.3, 0.4) is 0 Å². The second-order valence-electron chi connectivity index (χ2n) is 5.13. The molecule has 0 bridgehead atoms. The minimum Gasteiger partial charge on any atom is -0.492 e. The first-order valence-corrected chi connectivity index (χ1v) is 8.72. The molecule has 1 aromatic rings. The molecule has 3 nitrogen and oxygen atoms in total. The average molecular weight is 395 g/mol. The average Bonchev–Trinajstić information content (AvgIpc) is 2.46. The Kier molecular flexibility index (Phi) is 12.8. The lowest BCUT2D eigenvalue weighted by Gasteiger charge is -2.13. The molecule has 0 radical (unpaired) electrons. The SMILES string of the molecule is CCCCCCCNCc1cc(Br)c(OC)c(OCC)c1.Cl. The molecule has 0 saturated carbocycles. The monoisotopic (exact) mass is 393 g/mol. The zero-order chi connectivity index (χ0) is 15.5. The molecule has 22 heavy (non-hydrogen) atoms. The molecular weight excluding hydrogens is 366 g/mol. The summed E-state index contributed by atoms with van der Waals surface area (Å²) < 4.78 is 12.0. The third-order valence-corrected chi connectivity index (χ3v) is 3.95. The first kappa shape index (κ1) is 21.6. The number of benzene rings is 1. The van der Waals surface area contributed by atoms with Gasteiger partial charge in [0.05, 0.1) is 18.2 Å². The first-order valence-electron chi connectivity index (χ1n) is 7.92. The number of ether oxygens (including phenoxy) is 2. The Labute approximate surface area is 149 Å². The minimum atomic E-state index is 0. The van der Waals surface area contributed by atoms with Gasteiger partial charge in [-0.05, 0) is 53.5 Å². The van der Waals surface area contributed by atoms with E-state index in [9.17, 15) is 0 Å². The first-order chi connectivity index (χ1) is 10.2. The van der Waals surface area contributed by atoms with Crippen molar-refractivity contribution in [2.24, 2.45) is 0 Å². The zero-order valence-electron chi connectivity index (χ0n) is 13.9. The van der Waals surface area contributed by atoms with E-state index < -0.39 is 0 Å². The van der Waals surface area contributed by atoms with E-state index in [-0.39, 0.29) is 12.4 Å². The molecule has 5 heteroatoms. The van der Waals surface area contributed by atoms with Crippen LogP contribution in [0.4, 0.5) is 0 Å². The Morgan fingerprint density at radius 2 is 1.82 bits per heavy atom. The van der Waals surface area contributed by atoms with E-state index in [1.54, 1.807) is 7.11 Å². The van der Waals surface area contributed by atoms with E-state index in [0.717, 1.165) is 29.1 Å². The Morgan fingerprint density at radius 1 is 1.09 bits per heavy atom. The van der Waals surface area contributed by atoms with E-state index in [0.29, 0.717) is 6.61 Å². The van der Waals surface area contributed by atoms with Crippen molar-refractivity contribution >= 4 is 28.3 Å². The third-order valence-electron chi connectivity index (χ3n) is 3.36. The summed E-state index contributed by atoms with van der Waals surface area (Å²) >= 11 is 3.55. The normalized spacial score (nSPS) is 10.2. The molecule has 128 valence electrons. The number of halogens is 2. The standard InChI is InChI=1S/C17H28BrNO2.ClH/c1-4-6-7-8-9-10-19-13-14-11-15(18)17(20-3)16(12-14)21-5-2;/h11-12,19H,4-10,13H2,1-3H3;1H. The maximum absolute atomic E-state index is 5.64. The van der Waals surface area contributed by atoms with Crippen LogP contribution in [0.25, 0.3) is 0 Å². The number of rotatable bonds is 11. The van der Waals surface area contributed by atoms with E-state index >= 15 is 0 Å². The van der Waals surface area contributed by atoms with Crippen LogP contribution in [0.5, 0.6) is 11.5 Å². The van der Waals surface area contributed by atoms with Gasteiger partial charge in [-0.2, -0.15) is 0 Å². The number of hydrogen-bond donors (Lipinski definition) is 1. The molecule has 0 spiro atoms. The van der Waals surface area contributed by atoms with Crippen molar-refractivity contribution in [3.05, 3.63) is 22.2 Å². The number of methoxy groups -OCH3 is 1. The van der Waals surface area contributed by atoms with E-state index in [1.165, 1.54) is 37.7 Å². The van der Waals surface area contributed by atoms with Gasteiger partial charge in [0.25, 0.3) is 0 Å². The summed E-state index contributed by atoms with van der Waals surface area (Å²) in [7, 11) is 1.66. The maximum Gasteiger partial charge on any atom is 0.174 e. The van der Waals surface area contributed by atoms with Gasteiger partial charge in [-0.25, -0.2) is 0 Å². The van der Waals surface area contributed by atoms with Crippen LogP contribution in [0.1, 0.15) is 51.5 Å². The van der Waals surface area contributed by atoms with Crippen LogP contribution in [-0.4, -0.2) is 20.3 Å². The van der Waals surface area contributed by atoms with Gasteiger partial charge in [0.1, 0.15) is 0 Å². The predicted molar refractivity (Wildman–Crippen MR) is 99.6 cm³/mol. The fourth-order valence-corrected chi connectivity index (χ4v) is 2.92. The molecule has 0 saturated heterocycles. The number of unbranched alkanes of at least 4 members (excludes halogenated alkanes) is 4. The highest BCUT2D eigenvalue weighted by molar-refractivity contribution is 9.10. The Balaban J connectivity index is 0.00000441. The van der Waals surface area contributed by atoms with E-state index in [1.807, 2.05) is 6.92 Å². The summed E-state index contributed by atoms with van der Waals surface area (Å²) in [5.74, 6) is 1.56. The van der Waals surface area contributed by atoms with Crippen LogP contribution in [0, 0.1) is 0 Å². The molecule has 1 aromatic carbocycles. The summed E-state index contributed by atoms with van der Waals surface area (Å²) in [4.78, 5) is 0. The molecule has 0 aromatic heterocycles. The second-order valence-corrected chi connectivity index (χ2v) is 5.99. The molecular formula is C17H29BrClNO2. The van der Waals surface area contributed by atoms with Gasteiger partial charge in [-0.1, -0.05) is 32.6 Å². The van der Waals surface area contributed by atoms with Crippen molar-refractivity contribution in [2.45, 2.75) is 52.5 Å². The quantitative estimate of drug-likeness (QED) is 0.514. The molecule has 1 N–H and O–H groups in total. The molecule has 1 rings (SSSR count). The van der Waals surface area contributed by atoms with Crippen LogP contribution < -0.4 is 14.8 Å². The minimum absolute atomic E-state index is 0. The fourth-order valence-electron chi connectivity index (χ4n) is 2.27. The van der Waals surface area contributed by atoms with E-state index in [4.69, 9.17) is 9.47 Å². The summed E-state index contributed by atoms with van der Waals surface area (Å²) in [6.07, 6.45) is 6.56. The largest absolute Gasteiger partial charge is 0.492 e. The van der Waals surface area contributed by atoms with E-state index in [2.05, 4.69) is 40.3 Å². The molecule has 0 aliphatic rings. The van der Waals surface area contributed by atoms with Crippen molar-refractivity contribution < 1.29 is 9.47 Å². The lowest BCUT2D eigenvalue weighted by atomic mass is 10.1. The maximum atomic E-state index is 5.64. The van der Waals surface area contributed by atoms with Gasteiger partial charge >= 0.3 is 0 Å². The number of nitrogens with one attached hydrogen (secondary N) is 1. The lowest BCUT2D eigenvalue weighted by Crippen LogP contribution is -2.14. The molecule has 0 aliphatic carbocycles. The smallest absolute Gasteiger partial charge is 0.174 e. The van der Waals surface area contributed by atoms with Gasteiger partial charge in [0.15, 0.2) is 11.5 Å². The van der Waals surface area contributed by atoms with Crippen LogP contribution in [0.2, 0.25) is 0 Å². The Morgan fingerprint density at radius 3 is 2.45 bits per heavy atom. The van der Waals surface area contributed by atoms with Crippen molar-refractivity contribution in [1.29, 1.82) is 0 Å². The molecule has 0 aliphatic heterocycles. The third kappa shape index (κ3) is 7.70. The molecule has 0 amide bonds. The summed E-state index contributed by atoms with van der Waals surface area (Å²) in [6, 6.07) is 4.14. The number of hydrogen-bond acceptors (Lipinski definition) is 3. The highest BCUT2D eigenvalue weighted by atomic mass is 79.9. The van der Waals surface area contributed by atoms with Crippen LogP contribution in [0.15, 0.2) is 16.6 Å². The van der Waals surface area contributed by atoms with Crippen molar-refractivity contribution in [3.8, 4) is 11.5 Å². The molecule has 0 atom stereocenters. The van der Waals surface area contributed by atoms with Crippen molar-refractivity contribution in [3.63, 3.8) is 0 Å². The highest BCUT2D eigenvalue weighted by Gasteiger charge is 2.10. The highest BCUT2D eigenvalue weighted by Crippen LogP contribution is 2.36. The van der Waals surface area contributed by atoms with Gasteiger partial charge in [-0.3, -0.25) is 0 Å². The lowest BCUT2D eigenvalue weighted by molar-refractivity contribution is 0.309. The molecule has 0 fully saturated rings. The topological polar surface area (TPSA) is 30.5 Å². The van der Waals surface area contributed by atoms with Gasteiger partial charge in [0, 0.05) is 6.54 Å². The van der Waals surface area contributed by atoms with Crippen LogP contribution in [-0.2, 0) is 6.54 Å². The zero-order valence-corrected chi connectivity index (χ0v) is 16.3. The predicted octanol–water partition coefficient (Wildman–Crippen LogP) is 5.34. The van der Waals surface area contributed by atoms with Gasteiger partial charge < -0.3 is 14.8 Å². The Bertz CT molecular complexity index is 416.